The van der Waals surface area contributed by atoms with Crippen LogP contribution in [0.4, 0.5) is 0 Å². The highest BCUT2D eigenvalue weighted by molar-refractivity contribution is 6.37. The van der Waals surface area contributed by atoms with Crippen molar-refractivity contribution in [2.75, 3.05) is 13.2 Å². The Kier molecular flexibility index (Phi) is 5.42. The fourth-order valence-electron chi connectivity index (χ4n) is 3.15. The Morgan fingerprint density at radius 1 is 0.821 bits per heavy atom. The van der Waals surface area contributed by atoms with Crippen molar-refractivity contribution in [3.05, 3.63) is 87.9 Å². The first-order chi connectivity index (χ1) is 13.6. The van der Waals surface area contributed by atoms with Crippen LogP contribution in [0, 0.1) is 0 Å². The number of esters is 1. The number of ether oxygens (including phenoxy) is 3. The quantitative estimate of drug-likeness (QED) is 0.387. The van der Waals surface area contributed by atoms with E-state index >= 15 is 0 Å². The van der Waals surface area contributed by atoms with Gasteiger partial charge in [0.05, 0.1) is 10.0 Å². The van der Waals surface area contributed by atoms with E-state index in [-0.39, 0.29) is 19.2 Å². The van der Waals surface area contributed by atoms with Crippen molar-refractivity contribution in [1.82, 2.24) is 0 Å². The molecule has 6 heteroatoms. The molecule has 1 aliphatic rings. The van der Waals surface area contributed by atoms with Crippen LogP contribution < -0.4 is 9.47 Å². The molecule has 0 bridgehead atoms. The number of para-hydroxylation sites is 3. The van der Waals surface area contributed by atoms with Crippen molar-refractivity contribution in [1.29, 1.82) is 0 Å². The molecule has 0 saturated heterocycles. The monoisotopic (exact) mass is 414 g/mol. The summed E-state index contributed by atoms with van der Waals surface area (Å²) < 4.78 is 17.0. The smallest absolute Gasteiger partial charge is 0.318 e. The van der Waals surface area contributed by atoms with Crippen LogP contribution in [0.25, 0.3) is 0 Å². The Balaban J connectivity index is 1.47. The van der Waals surface area contributed by atoms with Gasteiger partial charge in [-0.05, 0) is 24.3 Å². The van der Waals surface area contributed by atoms with Crippen molar-refractivity contribution in [3.63, 3.8) is 0 Å². The minimum atomic E-state index is -0.551. The van der Waals surface area contributed by atoms with E-state index in [2.05, 4.69) is 0 Å². The van der Waals surface area contributed by atoms with Crippen LogP contribution in [0.5, 0.6) is 17.2 Å². The summed E-state index contributed by atoms with van der Waals surface area (Å²) in [5.41, 5.74) is 1.56. The summed E-state index contributed by atoms with van der Waals surface area (Å²) in [5.74, 6) is 0.773. The highest BCUT2D eigenvalue weighted by atomic mass is 35.5. The normalized spacial score (nSPS) is 12.5. The standard InChI is InChI=1S/C22H16Cl2O4/c23-16-8-5-9-17(24)21(16)26-12-13-27-22(25)20-14-6-1-3-10-18(14)28-19-11-4-2-7-15(19)20/h1-11,20H,12-13H2. The minimum absolute atomic E-state index is 0.0715. The first kappa shape index (κ1) is 18.7. The lowest BCUT2D eigenvalue weighted by Gasteiger charge is -2.26. The summed E-state index contributed by atoms with van der Waals surface area (Å²) in [5, 5.41) is 0.817. The maximum absolute atomic E-state index is 12.9. The van der Waals surface area contributed by atoms with Gasteiger partial charge in [-0.2, -0.15) is 0 Å². The van der Waals surface area contributed by atoms with Crippen LogP contribution in [0.3, 0.4) is 0 Å². The highest BCUT2D eigenvalue weighted by Gasteiger charge is 2.33. The molecule has 0 spiro atoms. The Morgan fingerprint density at radius 3 is 2.00 bits per heavy atom. The van der Waals surface area contributed by atoms with Crippen LogP contribution in [-0.4, -0.2) is 19.2 Å². The van der Waals surface area contributed by atoms with E-state index in [1.54, 1.807) is 18.2 Å². The number of carbonyl (C=O) groups is 1. The van der Waals surface area contributed by atoms with Crippen molar-refractivity contribution in [3.8, 4) is 17.2 Å². The average Bonchev–Trinajstić information content (AvgIpc) is 2.71. The summed E-state index contributed by atoms with van der Waals surface area (Å²) in [6.45, 7) is 0.212. The van der Waals surface area contributed by atoms with Gasteiger partial charge in [0.2, 0.25) is 0 Å². The van der Waals surface area contributed by atoms with Crippen molar-refractivity contribution < 1.29 is 19.0 Å². The number of fused-ring (bicyclic) bond motifs is 2. The number of hydrogen-bond acceptors (Lipinski definition) is 4. The summed E-state index contributed by atoms with van der Waals surface area (Å²) in [6, 6.07) is 20.0. The molecule has 0 saturated carbocycles. The zero-order chi connectivity index (χ0) is 19.5. The number of carbonyl (C=O) groups excluding carboxylic acids is 1. The molecule has 3 aromatic carbocycles. The van der Waals surface area contributed by atoms with Gasteiger partial charge in [0.25, 0.3) is 0 Å². The van der Waals surface area contributed by atoms with Crippen molar-refractivity contribution >= 4 is 29.2 Å². The second-order valence-corrected chi connectivity index (χ2v) is 6.99. The van der Waals surface area contributed by atoms with Crippen LogP contribution in [0.15, 0.2) is 66.7 Å². The molecule has 0 amide bonds. The maximum Gasteiger partial charge on any atom is 0.318 e. The van der Waals surface area contributed by atoms with E-state index in [0.29, 0.717) is 27.3 Å². The lowest BCUT2D eigenvalue weighted by Crippen LogP contribution is -2.23. The summed E-state index contributed by atoms with van der Waals surface area (Å²) >= 11 is 12.1. The summed E-state index contributed by atoms with van der Waals surface area (Å²) in [6.07, 6.45) is 0. The lowest BCUT2D eigenvalue weighted by molar-refractivity contribution is -0.145. The van der Waals surface area contributed by atoms with Crippen LogP contribution in [-0.2, 0) is 9.53 Å². The van der Waals surface area contributed by atoms with E-state index in [1.807, 2.05) is 48.5 Å². The molecule has 0 atom stereocenters. The predicted octanol–water partition coefficient (Wildman–Crippen LogP) is 5.85. The van der Waals surface area contributed by atoms with E-state index in [9.17, 15) is 4.79 Å². The third-order valence-corrected chi connectivity index (χ3v) is 5.00. The zero-order valence-corrected chi connectivity index (χ0v) is 16.2. The molecule has 0 aromatic heterocycles. The zero-order valence-electron chi connectivity index (χ0n) is 14.7. The molecule has 0 radical (unpaired) electrons. The SMILES string of the molecule is O=C(OCCOc1c(Cl)cccc1Cl)C1c2ccccc2Oc2ccccc21. The Bertz CT molecular complexity index is 953. The largest absolute Gasteiger partial charge is 0.487 e. The first-order valence-electron chi connectivity index (χ1n) is 8.74. The molecule has 0 N–H and O–H groups in total. The number of hydrogen-bond donors (Lipinski definition) is 0. The van der Waals surface area contributed by atoms with Crippen molar-refractivity contribution in [2.24, 2.45) is 0 Å². The molecule has 4 nitrogen and oxygen atoms in total. The molecule has 142 valence electrons. The van der Waals surface area contributed by atoms with Crippen LogP contribution in [0.1, 0.15) is 17.0 Å². The summed E-state index contributed by atoms with van der Waals surface area (Å²) in [7, 11) is 0. The second-order valence-electron chi connectivity index (χ2n) is 6.18. The number of halogens is 2. The molecule has 3 aromatic rings. The molecule has 0 aliphatic carbocycles. The lowest BCUT2D eigenvalue weighted by atomic mass is 9.88. The Morgan fingerprint density at radius 2 is 1.39 bits per heavy atom. The van der Waals surface area contributed by atoms with Gasteiger partial charge in [-0.3, -0.25) is 4.79 Å². The molecular formula is C22H16Cl2O4. The molecule has 0 fully saturated rings. The molecule has 4 rings (SSSR count). The van der Waals surface area contributed by atoms with Crippen molar-refractivity contribution in [2.45, 2.75) is 5.92 Å². The van der Waals surface area contributed by atoms with E-state index in [4.69, 9.17) is 37.4 Å². The highest BCUT2D eigenvalue weighted by Crippen LogP contribution is 2.44. The molecule has 0 unspecified atom stereocenters. The van der Waals surface area contributed by atoms with Crippen LogP contribution in [0.2, 0.25) is 10.0 Å². The van der Waals surface area contributed by atoms with Gasteiger partial charge >= 0.3 is 5.97 Å². The van der Waals surface area contributed by atoms with Crippen LogP contribution >= 0.6 is 23.2 Å². The maximum atomic E-state index is 12.9. The van der Waals surface area contributed by atoms with Gasteiger partial charge in [-0.25, -0.2) is 0 Å². The van der Waals surface area contributed by atoms with Gasteiger partial charge in [-0.15, -0.1) is 0 Å². The minimum Gasteiger partial charge on any atom is -0.487 e. The third-order valence-electron chi connectivity index (χ3n) is 4.41. The predicted molar refractivity (Wildman–Crippen MR) is 108 cm³/mol. The topological polar surface area (TPSA) is 44.8 Å². The molecule has 1 heterocycles. The first-order valence-corrected chi connectivity index (χ1v) is 9.50. The van der Waals surface area contributed by atoms with Gasteiger partial charge in [-0.1, -0.05) is 65.7 Å². The molecule has 1 aliphatic heterocycles. The van der Waals surface area contributed by atoms with E-state index < -0.39 is 5.92 Å². The number of rotatable bonds is 5. The summed E-state index contributed by atoms with van der Waals surface area (Å²) in [4.78, 5) is 12.9. The van der Waals surface area contributed by atoms with Gasteiger partial charge in [0.1, 0.15) is 30.6 Å². The van der Waals surface area contributed by atoms with Gasteiger partial charge in [0.15, 0.2) is 5.75 Å². The fraction of sp³-hybridized carbons (Fsp3) is 0.136. The van der Waals surface area contributed by atoms with Gasteiger partial charge < -0.3 is 14.2 Å². The average molecular weight is 415 g/mol. The third kappa shape index (κ3) is 3.66. The number of benzene rings is 3. The Hall–Kier alpha value is -2.69. The Labute approximate surface area is 172 Å². The molecule has 28 heavy (non-hydrogen) atoms. The second kappa shape index (κ2) is 8.13. The van der Waals surface area contributed by atoms with Gasteiger partial charge in [0, 0.05) is 11.1 Å². The molecular weight excluding hydrogens is 399 g/mol. The fourth-order valence-corrected chi connectivity index (χ4v) is 3.66. The van der Waals surface area contributed by atoms with E-state index in [1.165, 1.54) is 0 Å². The van der Waals surface area contributed by atoms with E-state index in [0.717, 1.165) is 11.1 Å².